The number of rotatable bonds is 1. The van der Waals surface area contributed by atoms with Gasteiger partial charge in [0, 0.05) is 16.3 Å². The highest BCUT2D eigenvalue weighted by Crippen LogP contribution is 2.35. The van der Waals surface area contributed by atoms with Crippen molar-refractivity contribution in [2.75, 3.05) is 13.1 Å². The number of halogens is 2. The normalized spacial score (nSPS) is 17.8. The molecule has 90 valence electrons. The van der Waals surface area contributed by atoms with Gasteiger partial charge in [0.05, 0.1) is 10.7 Å². The molecular formula is C12H12Cl2N2O. The zero-order valence-corrected chi connectivity index (χ0v) is 10.7. The lowest BCUT2D eigenvalue weighted by atomic mass is 9.93. The van der Waals surface area contributed by atoms with Crippen LogP contribution in [0, 0.1) is 0 Å². The Hall–Kier alpha value is -0.770. The molecule has 3 rings (SSSR count). The van der Waals surface area contributed by atoms with Crippen molar-refractivity contribution in [3.05, 3.63) is 27.9 Å². The van der Waals surface area contributed by atoms with Crippen LogP contribution in [0.4, 0.5) is 0 Å². The van der Waals surface area contributed by atoms with Crippen LogP contribution in [0.25, 0.3) is 11.0 Å². The van der Waals surface area contributed by atoms with Gasteiger partial charge in [-0.05, 0) is 38.1 Å². The van der Waals surface area contributed by atoms with Crippen molar-refractivity contribution >= 4 is 34.2 Å². The number of piperidine rings is 1. The van der Waals surface area contributed by atoms with Gasteiger partial charge >= 0.3 is 0 Å². The lowest BCUT2D eigenvalue weighted by Gasteiger charge is -2.20. The second-order valence-electron chi connectivity index (χ2n) is 4.36. The van der Waals surface area contributed by atoms with Crippen LogP contribution in [-0.4, -0.2) is 18.2 Å². The zero-order chi connectivity index (χ0) is 11.8. The maximum atomic E-state index is 6.08. The van der Waals surface area contributed by atoms with Crippen molar-refractivity contribution in [2.45, 2.75) is 18.8 Å². The van der Waals surface area contributed by atoms with Crippen LogP contribution >= 0.6 is 23.2 Å². The fourth-order valence-electron chi connectivity index (χ4n) is 2.38. The second-order valence-corrected chi connectivity index (χ2v) is 5.20. The van der Waals surface area contributed by atoms with E-state index in [1.165, 1.54) is 0 Å². The van der Waals surface area contributed by atoms with Crippen molar-refractivity contribution in [1.82, 2.24) is 10.5 Å². The number of aromatic nitrogens is 1. The van der Waals surface area contributed by atoms with E-state index in [0.717, 1.165) is 37.0 Å². The average molecular weight is 271 g/mol. The second kappa shape index (κ2) is 4.48. The van der Waals surface area contributed by atoms with Crippen LogP contribution in [0.3, 0.4) is 0 Å². The van der Waals surface area contributed by atoms with Gasteiger partial charge < -0.3 is 9.84 Å². The smallest absolute Gasteiger partial charge is 0.185 e. The van der Waals surface area contributed by atoms with Crippen molar-refractivity contribution in [2.24, 2.45) is 0 Å². The van der Waals surface area contributed by atoms with Crippen LogP contribution < -0.4 is 5.32 Å². The number of benzene rings is 1. The van der Waals surface area contributed by atoms with E-state index in [0.29, 0.717) is 21.5 Å². The summed E-state index contributed by atoms with van der Waals surface area (Å²) in [5.74, 6) is 0.437. The van der Waals surface area contributed by atoms with E-state index in [4.69, 9.17) is 27.7 Å². The van der Waals surface area contributed by atoms with Gasteiger partial charge in [-0.2, -0.15) is 0 Å². The average Bonchev–Trinajstić information content (AvgIpc) is 2.74. The molecule has 0 aliphatic carbocycles. The third-order valence-electron chi connectivity index (χ3n) is 3.25. The molecule has 1 aliphatic heterocycles. The first-order valence-electron chi connectivity index (χ1n) is 5.71. The molecule has 1 aliphatic rings. The Balaban J connectivity index is 2.10. The molecule has 0 radical (unpaired) electrons. The summed E-state index contributed by atoms with van der Waals surface area (Å²) in [6, 6.07) is 3.57. The number of hydrogen-bond acceptors (Lipinski definition) is 3. The quantitative estimate of drug-likeness (QED) is 0.861. The monoisotopic (exact) mass is 270 g/mol. The lowest BCUT2D eigenvalue weighted by Crippen LogP contribution is -2.26. The van der Waals surface area contributed by atoms with E-state index in [-0.39, 0.29) is 0 Å². The van der Waals surface area contributed by atoms with Crippen LogP contribution in [0.1, 0.15) is 24.5 Å². The van der Waals surface area contributed by atoms with Crippen molar-refractivity contribution in [1.29, 1.82) is 0 Å². The number of hydrogen-bond donors (Lipinski definition) is 1. The Morgan fingerprint density at radius 3 is 2.76 bits per heavy atom. The van der Waals surface area contributed by atoms with Crippen LogP contribution in [-0.2, 0) is 0 Å². The summed E-state index contributed by atoms with van der Waals surface area (Å²) in [7, 11) is 0. The molecule has 2 heterocycles. The Bertz CT molecular complexity index is 547. The topological polar surface area (TPSA) is 38.1 Å². The summed E-state index contributed by atoms with van der Waals surface area (Å²) in [5, 5.41) is 9.62. The summed E-state index contributed by atoms with van der Waals surface area (Å²) >= 11 is 12.1. The van der Waals surface area contributed by atoms with E-state index >= 15 is 0 Å². The van der Waals surface area contributed by atoms with Gasteiger partial charge in [-0.3, -0.25) is 0 Å². The predicted octanol–water partition coefficient (Wildman–Crippen LogP) is 3.60. The molecule has 1 fully saturated rings. The van der Waals surface area contributed by atoms with Crippen molar-refractivity contribution in [3.8, 4) is 0 Å². The van der Waals surface area contributed by atoms with Gasteiger partial charge in [0.15, 0.2) is 5.58 Å². The van der Waals surface area contributed by atoms with Gasteiger partial charge in [0.1, 0.15) is 0 Å². The summed E-state index contributed by atoms with van der Waals surface area (Å²) < 4.78 is 5.33. The molecule has 0 atom stereocenters. The van der Waals surface area contributed by atoms with Gasteiger partial charge in [-0.1, -0.05) is 28.4 Å². The minimum atomic E-state index is 0.437. The first kappa shape index (κ1) is 11.3. The summed E-state index contributed by atoms with van der Waals surface area (Å²) in [4.78, 5) is 0. The third-order valence-corrected chi connectivity index (χ3v) is 3.74. The van der Waals surface area contributed by atoms with E-state index in [9.17, 15) is 0 Å². The van der Waals surface area contributed by atoms with Crippen molar-refractivity contribution < 1.29 is 4.52 Å². The SMILES string of the molecule is Clc1cc(Cl)c2onc(C3CCNCC3)c2c1. The molecule has 1 aromatic heterocycles. The fourth-order valence-corrected chi connectivity index (χ4v) is 2.91. The van der Waals surface area contributed by atoms with E-state index in [2.05, 4.69) is 10.5 Å². The Morgan fingerprint density at radius 2 is 2.00 bits per heavy atom. The molecule has 0 unspecified atom stereocenters. The highest BCUT2D eigenvalue weighted by molar-refractivity contribution is 6.38. The first-order valence-corrected chi connectivity index (χ1v) is 6.46. The maximum absolute atomic E-state index is 6.08. The first-order chi connectivity index (χ1) is 8.25. The maximum Gasteiger partial charge on any atom is 0.185 e. The minimum Gasteiger partial charge on any atom is -0.354 e. The van der Waals surface area contributed by atoms with Crippen LogP contribution in [0.5, 0.6) is 0 Å². The van der Waals surface area contributed by atoms with E-state index in [1.807, 2.05) is 6.07 Å². The van der Waals surface area contributed by atoms with E-state index < -0.39 is 0 Å². The Morgan fingerprint density at radius 1 is 1.24 bits per heavy atom. The van der Waals surface area contributed by atoms with Gasteiger partial charge in [-0.15, -0.1) is 0 Å². The molecule has 0 spiro atoms. The van der Waals surface area contributed by atoms with Crippen LogP contribution in [0.2, 0.25) is 10.0 Å². The standard InChI is InChI=1S/C12H12Cl2N2O/c13-8-5-9-11(7-1-3-15-4-2-7)16-17-12(9)10(14)6-8/h5-7,15H,1-4H2. The molecule has 3 nitrogen and oxygen atoms in total. The number of nitrogens with one attached hydrogen (secondary N) is 1. The molecular weight excluding hydrogens is 259 g/mol. The van der Waals surface area contributed by atoms with Gasteiger partial charge in [-0.25, -0.2) is 0 Å². The molecule has 2 aromatic rings. The number of fused-ring (bicyclic) bond motifs is 1. The molecule has 0 saturated carbocycles. The zero-order valence-electron chi connectivity index (χ0n) is 9.17. The molecule has 17 heavy (non-hydrogen) atoms. The molecule has 5 heteroatoms. The predicted molar refractivity (Wildman–Crippen MR) is 68.9 cm³/mol. The van der Waals surface area contributed by atoms with Crippen molar-refractivity contribution in [3.63, 3.8) is 0 Å². The fraction of sp³-hybridized carbons (Fsp3) is 0.417. The molecule has 0 bridgehead atoms. The minimum absolute atomic E-state index is 0.437. The third kappa shape index (κ3) is 2.03. The lowest BCUT2D eigenvalue weighted by molar-refractivity contribution is 0.404. The summed E-state index contributed by atoms with van der Waals surface area (Å²) in [6.45, 7) is 2.04. The highest BCUT2D eigenvalue weighted by Gasteiger charge is 2.22. The van der Waals surface area contributed by atoms with Gasteiger partial charge in [0.2, 0.25) is 0 Å². The Labute approximate surface area is 109 Å². The largest absolute Gasteiger partial charge is 0.354 e. The molecule has 1 aromatic carbocycles. The number of nitrogens with zero attached hydrogens (tertiary/aromatic N) is 1. The van der Waals surface area contributed by atoms with Crippen LogP contribution in [0.15, 0.2) is 16.7 Å². The summed E-state index contributed by atoms with van der Waals surface area (Å²) in [5.41, 5.74) is 1.63. The Kier molecular flexibility index (Phi) is 2.99. The summed E-state index contributed by atoms with van der Waals surface area (Å²) in [6.07, 6.45) is 2.15. The molecule has 1 N–H and O–H groups in total. The van der Waals surface area contributed by atoms with E-state index in [1.54, 1.807) is 6.07 Å². The molecule has 1 saturated heterocycles. The van der Waals surface area contributed by atoms with Gasteiger partial charge in [0.25, 0.3) is 0 Å². The highest BCUT2D eigenvalue weighted by atomic mass is 35.5. The molecule has 0 amide bonds.